The number of ether oxygens (including phenoxy) is 1. The lowest BCUT2D eigenvalue weighted by molar-refractivity contribution is 0.417. The second kappa shape index (κ2) is 4.58. The predicted octanol–water partition coefficient (Wildman–Crippen LogP) is 2.22. The summed E-state index contributed by atoms with van der Waals surface area (Å²) in [7, 11) is 1.59. The van der Waals surface area contributed by atoms with Crippen molar-refractivity contribution in [2.45, 2.75) is 13.5 Å². The van der Waals surface area contributed by atoms with Crippen molar-refractivity contribution in [2.24, 2.45) is 0 Å². The average Bonchev–Trinajstić information content (AvgIpc) is 2.70. The maximum Gasteiger partial charge on any atom is 0.195 e. The van der Waals surface area contributed by atoms with Crippen LogP contribution in [0.5, 0.6) is 5.75 Å². The molecule has 0 aliphatic carbocycles. The van der Waals surface area contributed by atoms with Crippen LogP contribution in [-0.4, -0.2) is 21.9 Å². The molecule has 1 heterocycles. The molecule has 0 aliphatic heterocycles. The SMILES string of the molecule is CCn1c(-c2cccc(OC)c2N)n[nH]c1=S. The summed E-state index contributed by atoms with van der Waals surface area (Å²) in [5, 5.41) is 6.97. The molecule has 3 N–H and O–H groups in total. The number of para-hydroxylation sites is 1. The Morgan fingerprint density at radius 2 is 2.29 bits per heavy atom. The van der Waals surface area contributed by atoms with Crippen LogP contribution in [0.1, 0.15) is 6.92 Å². The monoisotopic (exact) mass is 250 g/mol. The Labute approximate surface area is 104 Å². The van der Waals surface area contributed by atoms with E-state index >= 15 is 0 Å². The molecular weight excluding hydrogens is 236 g/mol. The van der Waals surface area contributed by atoms with Gasteiger partial charge in [-0.1, -0.05) is 6.07 Å². The van der Waals surface area contributed by atoms with Crippen molar-refractivity contribution in [3.8, 4) is 17.1 Å². The number of aromatic amines is 1. The zero-order valence-electron chi connectivity index (χ0n) is 9.73. The number of aromatic nitrogens is 3. The molecule has 0 saturated heterocycles. The van der Waals surface area contributed by atoms with Gasteiger partial charge in [-0.05, 0) is 31.3 Å². The quantitative estimate of drug-likeness (QED) is 0.647. The van der Waals surface area contributed by atoms with Gasteiger partial charge in [0.1, 0.15) is 5.75 Å². The number of nitrogens with zero attached hydrogens (tertiary/aromatic N) is 2. The van der Waals surface area contributed by atoms with Gasteiger partial charge in [-0.3, -0.25) is 5.10 Å². The molecule has 0 bridgehead atoms. The highest BCUT2D eigenvalue weighted by atomic mass is 32.1. The van der Waals surface area contributed by atoms with Crippen molar-refractivity contribution in [3.05, 3.63) is 23.0 Å². The third-order valence-electron chi connectivity index (χ3n) is 2.60. The van der Waals surface area contributed by atoms with Gasteiger partial charge in [0.15, 0.2) is 10.6 Å². The largest absolute Gasteiger partial charge is 0.495 e. The average molecular weight is 250 g/mol. The lowest BCUT2D eigenvalue weighted by Gasteiger charge is -2.09. The van der Waals surface area contributed by atoms with Crippen LogP contribution in [-0.2, 0) is 6.54 Å². The second-order valence-corrected chi connectivity index (χ2v) is 3.90. The highest BCUT2D eigenvalue weighted by molar-refractivity contribution is 7.71. The minimum Gasteiger partial charge on any atom is -0.495 e. The number of benzene rings is 1. The molecule has 90 valence electrons. The number of nitrogens with one attached hydrogen (secondary N) is 1. The number of rotatable bonds is 3. The zero-order chi connectivity index (χ0) is 12.4. The molecule has 0 amide bonds. The summed E-state index contributed by atoms with van der Waals surface area (Å²) in [4.78, 5) is 0. The Bertz CT molecular complexity index is 587. The summed E-state index contributed by atoms with van der Waals surface area (Å²) >= 11 is 5.15. The predicted molar refractivity (Wildman–Crippen MR) is 69.5 cm³/mol. The van der Waals surface area contributed by atoms with Crippen LogP contribution < -0.4 is 10.5 Å². The molecule has 0 spiro atoms. The van der Waals surface area contributed by atoms with E-state index in [-0.39, 0.29) is 0 Å². The van der Waals surface area contributed by atoms with E-state index in [0.717, 1.165) is 17.9 Å². The van der Waals surface area contributed by atoms with Crippen LogP contribution in [0.4, 0.5) is 5.69 Å². The number of H-pyrrole nitrogens is 1. The van der Waals surface area contributed by atoms with Crippen LogP contribution in [0.3, 0.4) is 0 Å². The van der Waals surface area contributed by atoms with E-state index < -0.39 is 0 Å². The van der Waals surface area contributed by atoms with Gasteiger partial charge in [0, 0.05) is 12.1 Å². The Balaban J connectivity index is 2.64. The smallest absolute Gasteiger partial charge is 0.195 e. The van der Waals surface area contributed by atoms with Crippen molar-refractivity contribution in [3.63, 3.8) is 0 Å². The summed E-state index contributed by atoms with van der Waals surface area (Å²) in [6.45, 7) is 2.74. The van der Waals surface area contributed by atoms with Gasteiger partial charge in [0.2, 0.25) is 0 Å². The lowest BCUT2D eigenvalue weighted by atomic mass is 10.1. The van der Waals surface area contributed by atoms with E-state index in [2.05, 4.69) is 10.2 Å². The molecule has 0 fully saturated rings. The molecule has 2 aromatic rings. The number of methoxy groups -OCH3 is 1. The summed E-state index contributed by atoms with van der Waals surface area (Å²) < 4.78 is 7.67. The normalized spacial score (nSPS) is 10.5. The fourth-order valence-corrected chi connectivity index (χ4v) is 1.99. The van der Waals surface area contributed by atoms with E-state index in [4.69, 9.17) is 22.7 Å². The van der Waals surface area contributed by atoms with E-state index in [9.17, 15) is 0 Å². The number of hydrogen-bond acceptors (Lipinski definition) is 4. The third-order valence-corrected chi connectivity index (χ3v) is 2.91. The number of nitrogens with two attached hydrogens (primary N) is 1. The summed E-state index contributed by atoms with van der Waals surface area (Å²) in [6, 6.07) is 5.59. The minimum atomic E-state index is 0.568. The van der Waals surface area contributed by atoms with Crippen LogP contribution in [0.25, 0.3) is 11.4 Å². The first kappa shape index (κ1) is 11.7. The fraction of sp³-hybridized carbons (Fsp3) is 0.273. The van der Waals surface area contributed by atoms with E-state index in [1.807, 2.05) is 29.7 Å². The van der Waals surface area contributed by atoms with Gasteiger partial charge >= 0.3 is 0 Å². The molecule has 5 nitrogen and oxygen atoms in total. The number of anilines is 1. The Morgan fingerprint density at radius 1 is 1.53 bits per heavy atom. The van der Waals surface area contributed by atoms with Crippen LogP contribution >= 0.6 is 12.2 Å². The van der Waals surface area contributed by atoms with Gasteiger partial charge in [0.05, 0.1) is 12.8 Å². The third kappa shape index (κ3) is 1.91. The standard InChI is InChI=1S/C11H14N4OS/c1-3-15-10(13-14-11(15)17)7-5-4-6-8(16-2)9(7)12/h4-6H,3,12H2,1-2H3,(H,14,17). The molecule has 0 unspecified atom stereocenters. The van der Waals surface area contributed by atoms with Gasteiger partial charge < -0.3 is 15.0 Å². The number of nitrogen functional groups attached to an aromatic ring is 1. The van der Waals surface area contributed by atoms with Crippen molar-refractivity contribution in [2.75, 3.05) is 12.8 Å². The summed E-state index contributed by atoms with van der Waals surface area (Å²) in [5.74, 6) is 1.37. The lowest BCUT2D eigenvalue weighted by Crippen LogP contribution is -2.01. The number of hydrogen-bond donors (Lipinski definition) is 2. The van der Waals surface area contributed by atoms with E-state index in [1.54, 1.807) is 7.11 Å². The van der Waals surface area contributed by atoms with Crippen molar-refractivity contribution < 1.29 is 4.74 Å². The highest BCUT2D eigenvalue weighted by Gasteiger charge is 2.13. The van der Waals surface area contributed by atoms with Gasteiger partial charge in [-0.25, -0.2) is 0 Å². The van der Waals surface area contributed by atoms with Crippen LogP contribution in [0, 0.1) is 4.77 Å². The molecule has 0 radical (unpaired) electrons. The Hall–Kier alpha value is -1.82. The first-order valence-corrected chi connectivity index (χ1v) is 5.68. The fourth-order valence-electron chi connectivity index (χ4n) is 1.73. The van der Waals surface area contributed by atoms with E-state index in [1.165, 1.54) is 0 Å². The molecule has 1 aromatic heterocycles. The summed E-state index contributed by atoms with van der Waals surface area (Å²) in [6.07, 6.45) is 0. The molecule has 0 aliphatic rings. The van der Waals surface area contributed by atoms with Gasteiger partial charge in [-0.2, -0.15) is 5.10 Å². The van der Waals surface area contributed by atoms with Gasteiger partial charge in [0.25, 0.3) is 0 Å². The van der Waals surface area contributed by atoms with E-state index in [0.29, 0.717) is 16.2 Å². The van der Waals surface area contributed by atoms with Crippen LogP contribution in [0.15, 0.2) is 18.2 Å². The molecular formula is C11H14N4OS. The topological polar surface area (TPSA) is 68.9 Å². The molecule has 0 saturated carbocycles. The molecule has 1 aromatic carbocycles. The van der Waals surface area contributed by atoms with Crippen LogP contribution in [0.2, 0.25) is 0 Å². The molecule has 0 atom stereocenters. The molecule has 6 heteroatoms. The second-order valence-electron chi connectivity index (χ2n) is 3.52. The maximum atomic E-state index is 6.03. The van der Waals surface area contributed by atoms with Crippen molar-refractivity contribution in [1.82, 2.24) is 14.8 Å². The maximum absolute atomic E-state index is 6.03. The Kier molecular flexibility index (Phi) is 3.14. The first-order valence-electron chi connectivity index (χ1n) is 5.27. The Morgan fingerprint density at radius 3 is 2.94 bits per heavy atom. The molecule has 17 heavy (non-hydrogen) atoms. The van der Waals surface area contributed by atoms with Crippen molar-refractivity contribution in [1.29, 1.82) is 0 Å². The highest BCUT2D eigenvalue weighted by Crippen LogP contribution is 2.31. The first-order chi connectivity index (χ1) is 8.19. The van der Waals surface area contributed by atoms with Gasteiger partial charge in [-0.15, -0.1) is 0 Å². The minimum absolute atomic E-state index is 0.568. The molecule has 2 rings (SSSR count). The van der Waals surface area contributed by atoms with Crippen molar-refractivity contribution >= 4 is 17.9 Å². The zero-order valence-corrected chi connectivity index (χ0v) is 10.5. The summed E-state index contributed by atoms with van der Waals surface area (Å²) in [5.41, 5.74) is 7.42.